The number of hydrogen-bond acceptors (Lipinski definition) is 3. The zero-order valence-electron chi connectivity index (χ0n) is 10.3. The Morgan fingerprint density at radius 3 is 2.65 bits per heavy atom. The molecule has 0 heterocycles. The molecule has 17 heavy (non-hydrogen) atoms. The van der Waals surface area contributed by atoms with Gasteiger partial charge in [-0.15, -0.1) is 5.92 Å². The van der Waals surface area contributed by atoms with Crippen molar-refractivity contribution in [2.24, 2.45) is 0 Å². The smallest absolute Gasteiger partial charge is 0.179 e. The summed E-state index contributed by atoms with van der Waals surface area (Å²) in [6.07, 6.45) is 0. The van der Waals surface area contributed by atoms with Gasteiger partial charge in [0.05, 0.1) is 25.8 Å². The van der Waals surface area contributed by atoms with E-state index in [9.17, 15) is 0 Å². The lowest BCUT2D eigenvalue weighted by Crippen LogP contribution is -2.13. The van der Waals surface area contributed by atoms with Crippen LogP contribution in [0.5, 0.6) is 11.5 Å². The van der Waals surface area contributed by atoms with E-state index in [0.717, 1.165) is 5.56 Å². The topological polar surface area (TPSA) is 30.5 Å². The predicted molar refractivity (Wildman–Crippen MR) is 69.7 cm³/mol. The molecule has 0 radical (unpaired) electrons. The van der Waals surface area contributed by atoms with Gasteiger partial charge < -0.3 is 14.8 Å². The molecule has 0 saturated heterocycles. The third kappa shape index (κ3) is 3.55. The number of benzene rings is 1. The molecular weight excluding hydrogens is 238 g/mol. The van der Waals surface area contributed by atoms with Crippen molar-refractivity contribution in [1.82, 2.24) is 5.32 Å². The molecule has 1 aromatic rings. The number of nitrogens with one attached hydrogen (secondary N) is 1. The molecule has 1 rings (SSSR count). The first-order valence-corrected chi connectivity index (χ1v) is 5.62. The average molecular weight is 254 g/mol. The Balaban J connectivity index is 2.82. The highest BCUT2D eigenvalue weighted by Gasteiger charge is 2.12. The van der Waals surface area contributed by atoms with Crippen LogP contribution >= 0.6 is 11.6 Å². The lowest BCUT2D eigenvalue weighted by molar-refractivity contribution is 0.354. The summed E-state index contributed by atoms with van der Waals surface area (Å²) in [7, 11) is 3.16. The van der Waals surface area contributed by atoms with Crippen molar-refractivity contribution < 1.29 is 9.47 Å². The van der Waals surface area contributed by atoms with Crippen molar-refractivity contribution in [2.45, 2.75) is 13.5 Å². The second-order valence-corrected chi connectivity index (χ2v) is 3.68. The highest BCUT2D eigenvalue weighted by molar-refractivity contribution is 6.33. The first-order valence-electron chi connectivity index (χ1n) is 5.24. The van der Waals surface area contributed by atoms with Gasteiger partial charge in [0.2, 0.25) is 0 Å². The molecule has 1 aromatic carbocycles. The van der Waals surface area contributed by atoms with Crippen molar-refractivity contribution in [1.29, 1.82) is 0 Å². The van der Waals surface area contributed by atoms with E-state index in [1.54, 1.807) is 14.2 Å². The minimum Gasteiger partial charge on any atom is -0.493 e. The Hall–Kier alpha value is -1.37. The Kier molecular flexibility index (Phi) is 5.68. The van der Waals surface area contributed by atoms with E-state index < -0.39 is 0 Å². The van der Waals surface area contributed by atoms with Crippen LogP contribution in [0.15, 0.2) is 12.1 Å². The largest absolute Gasteiger partial charge is 0.493 e. The van der Waals surface area contributed by atoms with Crippen LogP contribution in [0, 0.1) is 11.8 Å². The van der Waals surface area contributed by atoms with E-state index in [0.29, 0.717) is 29.6 Å². The number of methoxy groups -OCH3 is 2. The molecule has 0 fully saturated rings. The van der Waals surface area contributed by atoms with E-state index >= 15 is 0 Å². The van der Waals surface area contributed by atoms with Crippen LogP contribution < -0.4 is 14.8 Å². The van der Waals surface area contributed by atoms with Gasteiger partial charge in [0.25, 0.3) is 0 Å². The lowest BCUT2D eigenvalue weighted by atomic mass is 10.2. The molecular formula is C13H16ClNO2. The van der Waals surface area contributed by atoms with Crippen LogP contribution in [0.25, 0.3) is 0 Å². The van der Waals surface area contributed by atoms with Crippen molar-refractivity contribution in [3.05, 3.63) is 22.7 Å². The van der Waals surface area contributed by atoms with Gasteiger partial charge in [0.1, 0.15) is 0 Å². The molecule has 0 aromatic heterocycles. The van der Waals surface area contributed by atoms with Gasteiger partial charge in [0.15, 0.2) is 11.5 Å². The minimum atomic E-state index is 0.565. The maximum Gasteiger partial charge on any atom is 0.179 e. The van der Waals surface area contributed by atoms with E-state index in [-0.39, 0.29) is 0 Å². The fraction of sp³-hybridized carbons (Fsp3) is 0.385. The highest BCUT2D eigenvalue weighted by Crippen LogP contribution is 2.37. The normalized spacial score (nSPS) is 9.41. The zero-order valence-corrected chi connectivity index (χ0v) is 11.0. The Labute approximate surface area is 107 Å². The van der Waals surface area contributed by atoms with Gasteiger partial charge in [-0.3, -0.25) is 0 Å². The van der Waals surface area contributed by atoms with Gasteiger partial charge in [-0.2, -0.15) is 0 Å². The van der Waals surface area contributed by atoms with Crippen LogP contribution in [0.4, 0.5) is 0 Å². The summed E-state index contributed by atoms with van der Waals surface area (Å²) in [6.45, 7) is 3.10. The van der Waals surface area contributed by atoms with E-state index in [1.807, 2.05) is 19.1 Å². The van der Waals surface area contributed by atoms with E-state index in [4.69, 9.17) is 21.1 Å². The Morgan fingerprint density at radius 2 is 2.06 bits per heavy atom. The molecule has 0 saturated carbocycles. The second-order valence-electron chi connectivity index (χ2n) is 3.30. The third-order valence-electron chi connectivity index (χ3n) is 2.27. The monoisotopic (exact) mass is 253 g/mol. The van der Waals surface area contributed by atoms with Gasteiger partial charge in [-0.25, -0.2) is 0 Å². The SMILES string of the molecule is CC#CCNCc1ccc(OC)c(OC)c1Cl. The van der Waals surface area contributed by atoms with Crippen LogP contribution in [-0.2, 0) is 6.54 Å². The molecule has 3 nitrogen and oxygen atoms in total. The Bertz CT molecular complexity index is 435. The standard InChI is InChI=1S/C13H16ClNO2/c1-4-5-8-15-9-10-6-7-11(16-2)13(17-3)12(10)14/h6-7,15H,8-9H2,1-3H3. The van der Waals surface area contributed by atoms with E-state index in [1.165, 1.54) is 0 Å². The molecule has 1 N–H and O–H groups in total. The summed E-state index contributed by atoms with van der Waals surface area (Å²) in [5.41, 5.74) is 0.960. The number of ether oxygens (including phenoxy) is 2. The summed E-state index contributed by atoms with van der Waals surface area (Å²) >= 11 is 6.22. The number of hydrogen-bond donors (Lipinski definition) is 1. The summed E-state index contributed by atoms with van der Waals surface area (Å²) in [5, 5.41) is 3.75. The highest BCUT2D eigenvalue weighted by atomic mass is 35.5. The molecule has 0 aliphatic carbocycles. The molecule has 4 heteroatoms. The third-order valence-corrected chi connectivity index (χ3v) is 2.68. The molecule has 92 valence electrons. The summed E-state index contributed by atoms with van der Waals surface area (Å²) in [4.78, 5) is 0. The van der Waals surface area contributed by atoms with E-state index in [2.05, 4.69) is 17.2 Å². The first kappa shape index (κ1) is 13.7. The van der Waals surface area contributed by atoms with Gasteiger partial charge >= 0.3 is 0 Å². The molecule has 0 spiro atoms. The predicted octanol–water partition coefficient (Wildman–Crippen LogP) is 2.47. The summed E-state index contributed by atoms with van der Waals surface area (Å²) < 4.78 is 10.4. The van der Waals surface area contributed by atoms with Crippen molar-refractivity contribution in [3.8, 4) is 23.3 Å². The van der Waals surface area contributed by atoms with Crippen LogP contribution in [0.3, 0.4) is 0 Å². The van der Waals surface area contributed by atoms with Crippen LogP contribution in [-0.4, -0.2) is 20.8 Å². The number of rotatable bonds is 5. The Morgan fingerprint density at radius 1 is 1.29 bits per heavy atom. The van der Waals surface area contributed by atoms with Crippen LogP contribution in [0.1, 0.15) is 12.5 Å². The first-order chi connectivity index (χ1) is 8.24. The van der Waals surface area contributed by atoms with Crippen molar-refractivity contribution in [2.75, 3.05) is 20.8 Å². The molecule has 0 aliphatic rings. The maximum absolute atomic E-state index is 6.22. The van der Waals surface area contributed by atoms with Crippen molar-refractivity contribution >= 4 is 11.6 Å². The lowest BCUT2D eigenvalue weighted by Gasteiger charge is -2.12. The van der Waals surface area contributed by atoms with Gasteiger partial charge in [0, 0.05) is 6.54 Å². The molecule has 0 aliphatic heterocycles. The quantitative estimate of drug-likeness (QED) is 0.646. The van der Waals surface area contributed by atoms with Gasteiger partial charge in [-0.1, -0.05) is 23.6 Å². The number of halogens is 1. The second kappa shape index (κ2) is 7.05. The summed E-state index contributed by atoms with van der Waals surface area (Å²) in [6, 6.07) is 3.75. The maximum atomic E-state index is 6.22. The molecule has 0 atom stereocenters. The van der Waals surface area contributed by atoms with Crippen molar-refractivity contribution in [3.63, 3.8) is 0 Å². The minimum absolute atomic E-state index is 0.565. The molecule has 0 bridgehead atoms. The van der Waals surface area contributed by atoms with Gasteiger partial charge in [-0.05, 0) is 18.6 Å². The fourth-order valence-corrected chi connectivity index (χ4v) is 1.71. The average Bonchev–Trinajstić information content (AvgIpc) is 2.35. The fourth-order valence-electron chi connectivity index (χ4n) is 1.41. The zero-order chi connectivity index (χ0) is 12.7. The summed E-state index contributed by atoms with van der Waals surface area (Å²) in [5.74, 6) is 6.95. The molecule has 0 unspecified atom stereocenters. The molecule has 0 amide bonds. The van der Waals surface area contributed by atoms with Crippen LogP contribution in [0.2, 0.25) is 5.02 Å².